The Labute approximate surface area is 63.6 Å². The minimum Gasteiger partial charge on any atom is -0.258 e. The first kappa shape index (κ1) is 8.09. The fraction of sp³-hybridized carbons (Fsp3) is 1.00. The summed E-state index contributed by atoms with van der Waals surface area (Å²) >= 11 is 0. The molecule has 0 aromatic carbocycles. The third kappa shape index (κ3) is 2.32. The number of hydrogen-bond acceptors (Lipinski definition) is 0. The molecule has 1 rings (SSSR count). The first-order valence-electron chi connectivity index (χ1n) is 4.20. The van der Waals surface area contributed by atoms with Crippen LogP contribution in [0.1, 0.15) is 38.5 Å². The summed E-state index contributed by atoms with van der Waals surface area (Å²) in [5.74, 6) is 0.155. The molecule has 1 fully saturated rings. The molecule has 0 saturated heterocycles. The molecule has 0 heterocycles. The van der Waals surface area contributed by atoms with E-state index in [1.807, 2.05) is 0 Å². The van der Waals surface area contributed by atoms with Crippen LogP contribution >= 0.6 is 0 Å². The summed E-state index contributed by atoms with van der Waals surface area (Å²) in [7, 11) is 5.17. The van der Waals surface area contributed by atoms with Gasteiger partial charge in [0.1, 0.15) is 7.85 Å². The van der Waals surface area contributed by atoms with Gasteiger partial charge in [0.05, 0.1) is 6.07 Å². The maximum Gasteiger partial charge on any atom is 0.116 e. The maximum absolute atomic E-state index is 12.5. The van der Waals surface area contributed by atoms with Gasteiger partial charge in [0.25, 0.3) is 0 Å². The average Bonchev–Trinajstić information content (AvgIpc) is 2.12. The zero-order chi connectivity index (χ0) is 7.40. The van der Waals surface area contributed by atoms with Crippen molar-refractivity contribution in [3.8, 4) is 0 Å². The molecule has 0 aromatic rings. The van der Waals surface area contributed by atoms with E-state index >= 15 is 0 Å². The molecule has 0 aliphatic heterocycles. The lowest BCUT2D eigenvalue weighted by molar-refractivity contribution is 0.289. The average molecular weight is 140 g/mol. The van der Waals surface area contributed by atoms with E-state index in [0.29, 0.717) is 0 Å². The van der Waals surface area contributed by atoms with Crippen LogP contribution in [-0.2, 0) is 0 Å². The summed E-state index contributed by atoms with van der Waals surface area (Å²) in [6.45, 7) is 0. The highest BCUT2D eigenvalue weighted by atomic mass is 19.1. The maximum atomic E-state index is 12.5. The van der Waals surface area contributed by atoms with Gasteiger partial charge in [-0.3, -0.25) is 4.39 Å². The third-order valence-electron chi connectivity index (χ3n) is 2.35. The van der Waals surface area contributed by atoms with Gasteiger partial charge in [-0.05, 0) is 18.8 Å². The highest BCUT2D eigenvalue weighted by molar-refractivity contribution is 6.11. The van der Waals surface area contributed by atoms with E-state index in [9.17, 15) is 4.39 Å². The summed E-state index contributed by atoms with van der Waals surface area (Å²) in [6, 6.07) is 0. The van der Waals surface area contributed by atoms with Crippen molar-refractivity contribution in [2.75, 3.05) is 0 Å². The molecular weight excluding hydrogens is 126 g/mol. The van der Waals surface area contributed by atoms with Crippen molar-refractivity contribution in [2.45, 2.75) is 44.6 Å². The van der Waals surface area contributed by atoms with Crippen LogP contribution in [0.25, 0.3) is 0 Å². The molecule has 0 spiro atoms. The number of rotatable bonds is 1. The topological polar surface area (TPSA) is 0 Å². The summed E-state index contributed by atoms with van der Waals surface area (Å²) in [6.07, 6.45) is 5.80. The van der Waals surface area contributed by atoms with Crippen molar-refractivity contribution in [1.82, 2.24) is 0 Å². The second kappa shape index (κ2) is 4.00. The van der Waals surface area contributed by atoms with Crippen molar-refractivity contribution in [2.24, 2.45) is 5.92 Å². The Kier molecular flexibility index (Phi) is 3.23. The van der Waals surface area contributed by atoms with Crippen molar-refractivity contribution >= 4 is 7.85 Å². The zero-order valence-electron chi connectivity index (χ0n) is 6.35. The third-order valence-corrected chi connectivity index (χ3v) is 2.35. The van der Waals surface area contributed by atoms with Crippen molar-refractivity contribution in [3.63, 3.8) is 0 Å². The molecule has 2 heteroatoms. The summed E-state index contributed by atoms with van der Waals surface area (Å²) in [5, 5.41) is 0. The highest BCUT2D eigenvalue weighted by Gasteiger charge is 2.17. The molecule has 1 saturated carbocycles. The van der Waals surface area contributed by atoms with Crippen LogP contribution in [0.5, 0.6) is 0 Å². The second-order valence-corrected chi connectivity index (χ2v) is 3.20. The first-order valence-corrected chi connectivity index (χ1v) is 4.20. The minimum atomic E-state index is -1.07. The fourth-order valence-electron chi connectivity index (χ4n) is 1.63. The molecule has 0 aromatic heterocycles. The largest absolute Gasteiger partial charge is 0.258 e. The Hall–Kier alpha value is -0.00506. The standard InChI is InChI=1S/C8H14BF/c9-8(10)7-5-3-1-2-4-6-7/h7-8H,1-6H2. The fourth-order valence-corrected chi connectivity index (χ4v) is 1.63. The monoisotopic (exact) mass is 140 g/mol. The van der Waals surface area contributed by atoms with Crippen molar-refractivity contribution in [1.29, 1.82) is 0 Å². The Bertz CT molecular complexity index is 85.3. The molecule has 10 heavy (non-hydrogen) atoms. The first-order chi connectivity index (χ1) is 4.80. The smallest absolute Gasteiger partial charge is 0.116 e. The van der Waals surface area contributed by atoms with E-state index in [1.54, 1.807) is 0 Å². The number of hydrogen-bond donors (Lipinski definition) is 0. The lowest BCUT2D eigenvalue weighted by Gasteiger charge is -2.14. The lowest BCUT2D eigenvalue weighted by Crippen LogP contribution is -2.14. The molecule has 0 bridgehead atoms. The molecule has 1 unspecified atom stereocenters. The molecule has 1 aliphatic carbocycles. The molecule has 56 valence electrons. The zero-order valence-corrected chi connectivity index (χ0v) is 6.35. The van der Waals surface area contributed by atoms with E-state index in [1.165, 1.54) is 25.7 Å². The van der Waals surface area contributed by atoms with Crippen LogP contribution in [0.15, 0.2) is 0 Å². The molecule has 0 amide bonds. The summed E-state index contributed by atoms with van der Waals surface area (Å²) in [5.41, 5.74) is 0. The number of halogens is 1. The predicted octanol–water partition coefficient (Wildman–Crippen LogP) is 2.42. The molecule has 1 aliphatic rings. The van der Waals surface area contributed by atoms with Gasteiger partial charge >= 0.3 is 0 Å². The Morgan fingerprint density at radius 3 is 2.00 bits per heavy atom. The second-order valence-electron chi connectivity index (χ2n) is 3.20. The molecular formula is C8H14BF. The van der Waals surface area contributed by atoms with Gasteiger partial charge in [-0.2, -0.15) is 0 Å². The summed E-state index contributed by atoms with van der Waals surface area (Å²) < 4.78 is 12.5. The van der Waals surface area contributed by atoms with E-state index in [0.717, 1.165) is 12.8 Å². The Morgan fingerprint density at radius 2 is 1.60 bits per heavy atom. The van der Waals surface area contributed by atoms with Gasteiger partial charge in [-0.1, -0.05) is 25.7 Å². The van der Waals surface area contributed by atoms with E-state index in [-0.39, 0.29) is 5.92 Å². The van der Waals surface area contributed by atoms with Crippen LogP contribution in [-0.4, -0.2) is 13.9 Å². The van der Waals surface area contributed by atoms with Crippen LogP contribution < -0.4 is 0 Å². The van der Waals surface area contributed by atoms with Crippen LogP contribution in [0.2, 0.25) is 0 Å². The van der Waals surface area contributed by atoms with E-state index < -0.39 is 6.07 Å². The van der Waals surface area contributed by atoms with E-state index in [4.69, 9.17) is 7.85 Å². The van der Waals surface area contributed by atoms with Crippen molar-refractivity contribution < 1.29 is 4.39 Å². The van der Waals surface area contributed by atoms with Crippen LogP contribution in [0, 0.1) is 5.92 Å². The van der Waals surface area contributed by atoms with E-state index in [2.05, 4.69) is 0 Å². The minimum absolute atomic E-state index is 0.155. The molecule has 0 N–H and O–H groups in total. The van der Waals surface area contributed by atoms with Crippen LogP contribution in [0.3, 0.4) is 0 Å². The molecule has 2 radical (unpaired) electrons. The summed E-state index contributed by atoms with van der Waals surface area (Å²) in [4.78, 5) is 0. The van der Waals surface area contributed by atoms with Gasteiger partial charge < -0.3 is 0 Å². The van der Waals surface area contributed by atoms with Gasteiger partial charge in [0.15, 0.2) is 0 Å². The van der Waals surface area contributed by atoms with Gasteiger partial charge in [0, 0.05) is 0 Å². The normalized spacial score (nSPS) is 25.7. The molecule has 1 atom stereocenters. The van der Waals surface area contributed by atoms with Gasteiger partial charge in [-0.15, -0.1) is 0 Å². The predicted molar refractivity (Wildman–Crippen MR) is 41.8 cm³/mol. The van der Waals surface area contributed by atoms with Crippen molar-refractivity contribution in [3.05, 3.63) is 0 Å². The Morgan fingerprint density at radius 1 is 1.10 bits per heavy atom. The van der Waals surface area contributed by atoms with Gasteiger partial charge in [0.2, 0.25) is 0 Å². The SMILES string of the molecule is [B]C(F)C1CCCCCC1. The Balaban J connectivity index is 2.28. The highest BCUT2D eigenvalue weighted by Crippen LogP contribution is 2.25. The molecule has 0 nitrogen and oxygen atoms in total. The van der Waals surface area contributed by atoms with Crippen LogP contribution in [0.4, 0.5) is 4.39 Å². The lowest BCUT2D eigenvalue weighted by atomic mass is 9.84. The number of alkyl halides is 1. The van der Waals surface area contributed by atoms with Gasteiger partial charge in [-0.25, -0.2) is 0 Å². The quantitative estimate of drug-likeness (QED) is 0.387.